The molecule has 104 valence electrons. The van der Waals surface area contributed by atoms with Crippen LogP contribution in [0.25, 0.3) is 0 Å². The van der Waals surface area contributed by atoms with Gasteiger partial charge in [-0.1, -0.05) is 50.6 Å². The molecular weight excluding hydrogens is 260 g/mol. The fourth-order valence-electron chi connectivity index (χ4n) is 1.91. The molecule has 2 atom stereocenters. The Morgan fingerprint density at radius 1 is 1.32 bits per heavy atom. The summed E-state index contributed by atoms with van der Waals surface area (Å²) in [5, 5.41) is 8.89. The average Bonchev–Trinajstić information content (AvgIpc) is 2.38. The van der Waals surface area contributed by atoms with Crippen LogP contribution in [-0.4, -0.2) is 20.2 Å². The minimum absolute atomic E-state index is 0.00108. The van der Waals surface area contributed by atoms with Crippen molar-refractivity contribution < 1.29 is 8.42 Å². The molecule has 0 saturated carbocycles. The predicted molar refractivity (Wildman–Crippen MR) is 76.1 cm³/mol. The SMILES string of the molecule is CCCC(C#N)NS(=O)(=O)CC(C)c1ccccc1. The molecule has 0 radical (unpaired) electrons. The standard InChI is InChI=1S/C14H20N2O2S/c1-3-7-14(10-15)16-19(17,18)11-12(2)13-8-5-4-6-9-13/h4-6,8-9,12,14,16H,3,7,11H2,1-2H3. The number of nitriles is 1. The van der Waals surface area contributed by atoms with E-state index in [-0.39, 0.29) is 11.7 Å². The minimum atomic E-state index is -3.43. The lowest BCUT2D eigenvalue weighted by molar-refractivity contribution is 0.558. The largest absolute Gasteiger partial charge is 0.213 e. The smallest absolute Gasteiger partial charge is 0.212 e. The van der Waals surface area contributed by atoms with Gasteiger partial charge in [0, 0.05) is 0 Å². The van der Waals surface area contributed by atoms with Gasteiger partial charge in [0.1, 0.15) is 6.04 Å². The normalized spacial score (nSPS) is 14.6. The summed E-state index contributed by atoms with van der Waals surface area (Å²) < 4.78 is 26.4. The van der Waals surface area contributed by atoms with E-state index >= 15 is 0 Å². The number of benzene rings is 1. The first-order valence-corrected chi connectivity index (χ1v) is 8.08. The predicted octanol–water partition coefficient (Wildman–Crippen LogP) is 2.40. The number of rotatable bonds is 7. The molecule has 0 fully saturated rings. The molecule has 19 heavy (non-hydrogen) atoms. The van der Waals surface area contributed by atoms with E-state index in [1.165, 1.54) is 0 Å². The van der Waals surface area contributed by atoms with Gasteiger partial charge in [-0.2, -0.15) is 9.98 Å². The van der Waals surface area contributed by atoms with E-state index < -0.39 is 16.1 Å². The van der Waals surface area contributed by atoms with Gasteiger partial charge in [0.2, 0.25) is 10.0 Å². The highest BCUT2D eigenvalue weighted by atomic mass is 32.2. The molecule has 0 amide bonds. The highest BCUT2D eigenvalue weighted by Gasteiger charge is 2.20. The first-order chi connectivity index (χ1) is 8.98. The zero-order valence-corrected chi connectivity index (χ0v) is 12.2. The van der Waals surface area contributed by atoms with Gasteiger partial charge in [0.15, 0.2) is 0 Å². The topological polar surface area (TPSA) is 70.0 Å². The van der Waals surface area contributed by atoms with E-state index in [1.54, 1.807) is 0 Å². The minimum Gasteiger partial charge on any atom is -0.212 e. The Kier molecular flexibility index (Phi) is 6.00. The third-order valence-electron chi connectivity index (χ3n) is 2.89. The third kappa shape index (κ3) is 5.41. The molecule has 0 aromatic heterocycles. The van der Waals surface area contributed by atoms with Crippen LogP contribution in [0.2, 0.25) is 0 Å². The van der Waals surface area contributed by atoms with Crippen LogP contribution in [-0.2, 0) is 10.0 Å². The summed E-state index contributed by atoms with van der Waals surface area (Å²) in [6.45, 7) is 3.79. The second-order valence-corrected chi connectivity index (χ2v) is 6.48. The maximum atomic E-state index is 12.0. The molecule has 0 bridgehead atoms. The van der Waals surface area contributed by atoms with Crippen molar-refractivity contribution in [1.82, 2.24) is 4.72 Å². The third-order valence-corrected chi connectivity index (χ3v) is 4.48. The molecule has 5 heteroatoms. The first kappa shape index (κ1) is 15.7. The van der Waals surface area contributed by atoms with Crippen LogP contribution < -0.4 is 4.72 Å². The van der Waals surface area contributed by atoms with Crippen molar-refractivity contribution in [3.8, 4) is 6.07 Å². The monoisotopic (exact) mass is 280 g/mol. The zero-order valence-electron chi connectivity index (χ0n) is 11.3. The molecule has 0 aliphatic rings. The molecule has 0 aliphatic carbocycles. The summed E-state index contributed by atoms with van der Waals surface area (Å²) in [6.07, 6.45) is 1.31. The average molecular weight is 280 g/mol. The maximum Gasteiger partial charge on any atom is 0.213 e. The summed E-state index contributed by atoms with van der Waals surface area (Å²) in [5.74, 6) is -0.0986. The summed E-state index contributed by atoms with van der Waals surface area (Å²) in [6, 6.07) is 10.9. The van der Waals surface area contributed by atoms with Crippen LogP contribution in [0.3, 0.4) is 0 Å². The number of hydrogen-bond acceptors (Lipinski definition) is 3. The van der Waals surface area contributed by atoms with Crippen molar-refractivity contribution in [1.29, 1.82) is 5.26 Å². The summed E-state index contributed by atoms with van der Waals surface area (Å²) in [4.78, 5) is 0. The van der Waals surface area contributed by atoms with E-state index in [1.807, 2.05) is 50.2 Å². The van der Waals surface area contributed by atoms with Crippen LogP contribution in [0.5, 0.6) is 0 Å². The van der Waals surface area contributed by atoms with E-state index in [4.69, 9.17) is 5.26 Å². The van der Waals surface area contributed by atoms with E-state index in [0.29, 0.717) is 6.42 Å². The lowest BCUT2D eigenvalue weighted by Crippen LogP contribution is -2.36. The fourth-order valence-corrected chi connectivity index (χ4v) is 3.46. The Morgan fingerprint density at radius 2 is 1.95 bits per heavy atom. The van der Waals surface area contributed by atoms with Crippen LogP contribution in [0.4, 0.5) is 0 Å². The lowest BCUT2D eigenvalue weighted by atomic mass is 10.0. The van der Waals surface area contributed by atoms with Gasteiger partial charge in [-0.05, 0) is 17.9 Å². The van der Waals surface area contributed by atoms with Crippen LogP contribution in [0.15, 0.2) is 30.3 Å². The molecule has 0 saturated heterocycles. The highest BCUT2D eigenvalue weighted by Crippen LogP contribution is 2.16. The van der Waals surface area contributed by atoms with E-state index in [9.17, 15) is 8.42 Å². The Balaban J connectivity index is 2.67. The van der Waals surface area contributed by atoms with Crippen molar-refractivity contribution in [3.63, 3.8) is 0 Å². The van der Waals surface area contributed by atoms with Crippen LogP contribution in [0.1, 0.15) is 38.2 Å². The molecule has 0 aliphatic heterocycles. The number of hydrogen-bond donors (Lipinski definition) is 1. The molecule has 2 unspecified atom stereocenters. The molecule has 1 aromatic rings. The summed E-state index contributed by atoms with van der Waals surface area (Å²) in [5.41, 5.74) is 0.983. The van der Waals surface area contributed by atoms with Gasteiger partial charge in [-0.25, -0.2) is 8.42 Å². The Bertz CT molecular complexity index is 520. The fraction of sp³-hybridized carbons (Fsp3) is 0.500. The molecule has 1 N–H and O–H groups in total. The quantitative estimate of drug-likeness (QED) is 0.833. The molecule has 0 spiro atoms. The molecule has 4 nitrogen and oxygen atoms in total. The summed E-state index contributed by atoms with van der Waals surface area (Å²) >= 11 is 0. The molecule has 0 heterocycles. The first-order valence-electron chi connectivity index (χ1n) is 6.43. The number of nitrogens with one attached hydrogen (secondary N) is 1. The van der Waals surface area contributed by atoms with Gasteiger partial charge < -0.3 is 0 Å². The molecule has 1 rings (SSSR count). The summed E-state index contributed by atoms with van der Waals surface area (Å²) in [7, 11) is -3.43. The van der Waals surface area contributed by atoms with Crippen molar-refractivity contribution in [3.05, 3.63) is 35.9 Å². The lowest BCUT2D eigenvalue weighted by Gasteiger charge is -2.15. The van der Waals surface area contributed by atoms with Crippen LogP contribution >= 0.6 is 0 Å². The molecule has 1 aromatic carbocycles. The van der Waals surface area contributed by atoms with Gasteiger partial charge in [0.05, 0.1) is 11.8 Å². The van der Waals surface area contributed by atoms with Crippen LogP contribution in [0, 0.1) is 11.3 Å². The van der Waals surface area contributed by atoms with Gasteiger partial charge in [0.25, 0.3) is 0 Å². The van der Waals surface area contributed by atoms with Crippen molar-refractivity contribution in [2.45, 2.75) is 38.6 Å². The van der Waals surface area contributed by atoms with Gasteiger partial charge in [-0.3, -0.25) is 0 Å². The zero-order chi connectivity index (χ0) is 14.3. The second kappa shape index (κ2) is 7.27. The second-order valence-electron chi connectivity index (χ2n) is 4.68. The van der Waals surface area contributed by atoms with Crippen molar-refractivity contribution >= 4 is 10.0 Å². The number of sulfonamides is 1. The van der Waals surface area contributed by atoms with Gasteiger partial charge in [-0.15, -0.1) is 0 Å². The van der Waals surface area contributed by atoms with Crippen molar-refractivity contribution in [2.24, 2.45) is 0 Å². The van der Waals surface area contributed by atoms with E-state index in [2.05, 4.69) is 4.72 Å². The van der Waals surface area contributed by atoms with E-state index in [0.717, 1.165) is 12.0 Å². The molecular formula is C14H20N2O2S. The maximum absolute atomic E-state index is 12.0. The van der Waals surface area contributed by atoms with Crippen molar-refractivity contribution in [2.75, 3.05) is 5.75 Å². The Hall–Kier alpha value is -1.38. The number of nitrogens with zero attached hydrogens (tertiary/aromatic N) is 1. The van der Waals surface area contributed by atoms with Gasteiger partial charge >= 0.3 is 0 Å². The Morgan fingerprint density at radius 3 is 2.47 bits per heavy atom. The Labute approximate surface area is 115 Å². The highest BCUT2D eigenvalue weighted by molar-refractivity contribution is 7.89.